The van der Waals surface area contributed by atoms with E-state index in [0.29, 0.717) is 36.7 Å². The van der Waals surface area contributed by atoms with Gasteiger partial charge in [0.25, 0.3) is 0 Å². The number of aryl methyl sites for hydroxylation is 1. The molecule has 2 aromatic heterocycles. The van der Waals surface area contributed by atoms with E-state index in [1.807, 2.05) is 53.1 Å². The molecule has 2 heterocycles. The lowest BCUT2D eigenvalue weighted by Crippen LogP contribution is -2.11. The molecule has 0 bridgehead atoms. The van der Waals surface area contributed by atoms with Crippen molar-refractivity contribution < 1.29 is 4.74 Å². The lowest BCUT2D eigenvalue weighted by Gasteiger charge is -2.12. The molecule has 0 radical (unpaired) electrons. The number of nitriles is 1. The highest BCUT2D eigenvalue weighted by Crippen LogP contribution is 2.26. The zero-order valence-corrected chi connectivity index (χ0v) is 18.5. The molecule has 1 N–H and O–H groups in total. The number of nitrogens with zero attached hydrogens (tertiary/aromatic N) is 5. The van der Waals surface area contributed by atoms with E-state index < -0.39 is 0 Å². The molecule has 7 nitrogen and oxygen atoms in total. The Kier molecular flexibility index (Phi) is 6.95. The Morgan fingerprint density at radius 1 is 1.16 bits per heavy atom. The molecule has 4 rings (SSSR count). The number of aromatic nitrogens is 4. The number of imidazole rings is 1. The first-order valence-corrected chi connectivity index (χ1v) is 10.8. The van der Waals surface area contributed by atoms with Crippen LogP contribution in [0.25, 0.3) is 22.6 Å². The Bertz CT molecular complexity index is 1230. The zero-order chi connectivity index (χ0) is 22.3. The monoisotopic (exact) mass is 446 g/mol. The maximum atomic E-state index is 9.28. The third-order valence-electron chi connectivity index (χ3n) is 5.07. The molecule has 0 aliphatic rings. The van der Waals surface area contributed by atoms with Crippen molar-refractivity contribution in [2.24, 2.45) is 0 Å². The summed E-state index contributed by atoms with van der Waals surface area (Å²) < 4.78 is 7.28. The maximum Gasteiger partial charge on any atom is 0.224 e. The van der Waals surface area contributed by atoms with E-state index in [2.05, 4.69) is 16.4 Å². The van der Waals surface area contributed by atoms with Crippen molar-refractivity contribution >= 4 is 28.7 Å². The largest absolute Gasteiger partial charge is 0.385 e. The van der Waals surface area contributed by atoms with Crippen LogP contribution in [0.1, 0.15) is 22.9 Å². The van der Waals surface area contributed by atoms with Crippen LogP contribution in [0.5, 0.6) is 0 Å². The number of alkyl halides is 1. The average Bonchev–Trinajstić information content (AvgIpc) is 3.21. The SMILES string of the molecule is COCCCn1c(-c2cccc(C#N)c2)nc2cnc(NCC(Cl)c3ccccc3)nc21. The van der Waals surface area contributed by atoms with Gasteiger partial charge in [-0.05, 0) is 24.1 Å². The number of hydrogen-bond acceptors (Lipinski definition) is 6. The Morgan fingerprint density at radius 2 is 2.00 bits per heavy atom. The number of benzene rings is 2. The van der Waals surface area contributed by atoms with Crippen LogP contribution in [0, 0.1) is 11.3 Å². The van der Waals surface area contributed by atoms with Gasteiger partial charge in [0.1, 0.15) is 11.3 Å². The number of ether oxygens (including phenoxy) is 1. The van der Waals surface area contributed by atoms with Crippen molar-refractivity contribution in [1.29, 1.82) is 5.26 Å². The second kappa shape index (κ2) is 10.2. The van der Waals surface area contributed by atoms with Gasteiger partial charge in [0.15, 0.2) is 5.65 Å². The summed E-state index contributed by atoms with van der Waals surface area (Å²) in [4.78, 5) is 13.9. The van der Waals surface area contributed by atoms with E-state index in [-0.39, 0.29) is 5.38 Å². The molecule has 32 heavy (non-hydrogen) atoms. The number of hydrogen-bond donors (Lipinski definition) is 1. The van der Waals surface area contributed by atoms with Crippen molar-refractivity contribution in [3.8, 4) is 17.5 Å². The Balaban J connectivity index is 1.64. The highest BCUT2D eigenvalue weighted by Gasteiger charge is 2.16. The van der Waals surface area contributed by atoms with Gasteiger partial charge < -0.3 is 14.6 Å². The summed E-state index contributed by atoms with van der Waals surface area (Å²) in [6.07, 6.45) is 2.51. The Hall–Kier alpha value is -3.47. The van der Waals surface area contributed by atoms with Crippen LogP contribution in [-0.2, 0) is 11.3 Å². The molecule has 0 spiro atoms. The van der Waals surface area contributed by atoms with E-state index >= 15 is 0 Å². The number of fused-ring (bicyclic) bond motifs is 1. The molecule has 4 aromatic rings. The van der Waals surface area contributed by atoms with Gasteiger partial charge >= 0.3 is 0 Å². The third-order valence-corrected chi connectivity index (χ3v) is 5.47. The van der Waals surface area contributed by atoms with Crippen LogP contribution in [0.4, 0.5) is 5.95 Å². The van der Waals surface area contributed by atoms with Gasteiger partial charge in [-0.15, -0.1) is 11.6 Å². The zero-order valence-electron chi connectivity index (χ0n) is 17.7. The van der Waals surface area contributed by atoms with E-state index in [1.54, 1.807) is 19.4 Å². The van der Waals surface area contributed by atoms with Gasteiger partial charge in [-0.25, -0.2) is 9.97 Å². The molecule has 2 aromatic carbocycles. The van der Waals surface area contributed by atoms with Crippen molar-refractivity contribution in [3.63, 3.8) is 0 Å². The molecule has 0 aliphatic heterocycles. The van der Waals surface area contributed by atoms with E-state index in [1.165, 1.54) is 0 Å². The van der Waals surface area contributed by atoms with E-state index in [4.69, 9.17) is 26.3 Å². The van der Waals surface area contributed by atoms with Crippen LogP contribution < -0.4 is 5.32 Å². The first-order valence-electron chi connectivity index (χ1n) is 10.3. The van der Waals surface area contributed by atoms with Gasteiger partial charge in [-0.2, -0.15) is 10.2 Å². The molecule has 162 valence electrons. The fourth-order valence-electron chi connectivity index (χ4n) is 3.49. The summed E-state index contributed by atoms with van der Waals surface area (Å²) in [5.41, 5.74) is 3.89. The molecule has 0 fully saturated rings. The fraction of sp³-hybridized carbons (Fsp3) is 0.250. The van der Waals surface area contributed by atoms with Gasteiger partial charge in [0.2, 0.25) is 5.95 Å². The lowest BCUT2D eigenvalue weighted by atomic mass is 10.1. The van der Waals surface area contributed by atoms with Crippen LogP contribution in [-0.4, -0.2) is 39.8 Å². The summed E-state index contributed by atoms with van der Waals surface area (Å²) in [5, 5.41) is 12.3. The lowest BCUT2D eigenvalue weighted by molar-refractivity contribution is 0.191. The summed E-state index contributed by atoms with van der Waals surface area (Å²) in [6, 6.07) is 19.5. The van der Waals surface area contributed by atoms with Crippen molar-refractivity contribution in [2.45, 2.75) is 18.3 Å². The predicted octanol–water partition coefficient (Wildman–Crippen LogP) is 4.79. The minimum Gasteiger partial charge on any atom is -0.385 e. The van der Waals surface area contributed by atoms with Gasteiger partial charge in [-0.3, -0.25) is 0 Å². The maximum absolute atomic E-state index is 9.28. The molecule has 0 aliphatic carbocycles. The topological polar surface area (TPSA) is 88.7 Å². The normalized spacial score (nSPS) is 11.9. The van der Waals surface area contributed by atoms with Crippen molar-refractivity contribution in [3.05, 3.63) is 71.9 Å². The van der Waals surface area contributed by atoms with Gasteiger partial charge in [0, 0.05) is 32.4 Å². The minimum absolute atomic E-state index is 0.202. The van der Waals surface area contributed by atoms with Crippen LogP contribution in [0.2, 0.25) is 0 Å². The predicted molar refractivity (Wildman–Crippen MR) is 125 cm³/mol. The van der Waals surface area contributed by atoms with Crippen LogP contribution in [0.15, 0.2) is 60.8 Å². The van der Waals surface area contributed by atoms with E-state index in [9.17, 15) is 5.26 Å². The second-order valence-electron chi connectivity index (χ2n) is 7.29. The number of anilines is 1. The smallest absolute Gasteiger partial charge is 0.224 e. The summed E-state index contributed by atoms with van der Waals surface area (Å²) >= 11 is 6.53. The minimum atomic E-state index is -0.202. The quantitative estimate of drug-likeness (QED) is 0.293. The molecule has 0 saturated heterocycles. The molecular formula is C24H23ClN6O. The van der Waals surface area contributed by atoms with Crippen molar-refractivity contribution in [1.82, 2.24) is 19.5 Å². The van der Waals surface area contributed by atoms with Gasteiger partial charge in [-0.1, -0.05) is 42.5 Å². The first kappa shape index (κ1) is 21.8. The van der Waals surface area contributed by atoms with Crippen LogP contribution in [0.3, 0.4) is 0 Å². The molecule has 1 unspecified atom stereocenters. The first-order chi connectivity index (χ1) is 15.7. The Labute approximate surface area is 191 Å². The summed E-state index contributed by atoms with van der Waals surface area (Å²) in [5.74, 6) is 1.24. The van der Waals surface area contributed by atoms with Crippen LogP contribution >= 0.6 is 11.6 Å². The van der Waals surface area contributed by atoms with Crippen molar-refractivity contribution in [2.75, 3.05) is 25.6 Å². The third kappa shape index (κ3) is 4.88. The highest BCUT2D eigenvalue weighted by molar-refractivity contribution is 6.21. The standard InChI is InChI=1S/C24H23ClN6O/c1-32-12-6-11-31-22(19-10-5-7-17(13-19)14-26)29-21-16-28-24(30-23(21)31)27-15-20(25)18-8-3-2-4-9-18/h2-5,7-10,13,16,20H,6,11-12,15H2,1H3,(H,27,28,30). The molecule has 8 heteroatoms. The number of rotatable bonds is 9. The number of halogens is 1. The average molecular weight is 447 g/mol. The van der Waals surface area contributed by atoms with Gasteiger partial charge in [0.05, 0.1) is 23.2 Å². The summed E-state index contributed by atoms with van der Waals surface area (Å²) in [7, 11) is 1.68. The number of nitrogens with one attached hydrogen (secondary N) is 1. The molecule has 0 saturated carbocycles. The molecule has 1 atom stereocenters. The number of methoxy groups -OCH3 is 1. The second-order valence-corrected chi connectivity index (χ2v) is 7.81. The molecule has 0 amide bonds. The molecular weight excluding hydrogens is 424 g/mol. The highest BCUT2D eigenvalue weighted by atomic mass is 35.5. The Morgan fingerprint density at radius 3 is 2.78 bits per heavy atom. The summed E-state index contributed by atoms with van der Waals surface area (Å²) in [6.45, 7) is 1.79. The fourth-order valence-corrected chi connectivity index (χ4v) is 3.71. The van der Waals surface area contributed by atoms with E-state index in [0.717, 1.165) is 29.0 Å².